The van der Waals surface area contributed by atoms with Crippen molar-refractivity contribution in [2.45, 2.75) is 33.2 Å². The van der Waals surface area contributed by atoms with Gasteiger partial charge in [-0.25, -0.2) is 0 Å². The number of aromatic nitrogens is 2. The maximum atomic E-state index is 12.9. The van der Waals surface area contributed by atoms with Crippen LogP contribution in [0.25, 0.3) is 10.9 Å². The van der Waals surface area contributed by atoms with Gasteiger partial charge in [-0.1, -0.05) is 25.1 Å². The largest absolute Gasteiger partial charge is 0.384 e. The molecular formula is C29H29N5O2. The third-order valence-corrected chi connectivity index (χ3v) is 6.12. The van der Waals surface area contributed by atoms with Crippen LogP contribution in [0.2, 0.25) is 0 Å². The Balaban J connectivity index is 1.49. The Bertz CT molecular complexity index is 1480. The average molecular weight is 480 g/mol. The number of carbonyl (C=O) groups is 2. The highest BCUT2D eigenvalue weighted by molar-refractivity contribution is 5.99. The standard InChI is InChI=1S/C29H29N5O2/c1-4-21-10-19(5-6-26(21)28(30)31-3)16-34-29(36)22-7-8-32-25(14-22)13-20-11-23-9-18(2)15-33-27(23)24(12-20)17-35/h5-12,14-15,17H,4,13,16H2,1-3H3,(H2,30,31)(H,34,36). The van der Waals surface area contributed by atoms with Crippen LogP contribution in [-0.2, 0) is 19.4 Å². The van der Waals surface area contributed by atoms with E-state index in [0.717, 1.165) is 51.6 Å². The fourth-order valence-electron chi connectivity index (χ4n) is 4.27. The van der Waals surface area contributed by atoms with E-state index in [2.05, 4.69) is 27.2 Å². The molecule has 0 fully saturated rings. The molecule has 0 bridgehead atoms. The van der Waals surface area contributed by atoms with Crippen LogP contribution in [0.15, 0.2) is 65.9 Å². The number of nitrogens with two attached hydrogens (primary N) is 1. The number of nitrogens with zero attached hydrogens (tertiary/aromatic N) is 3. The summed E-state index contributed by atoms with van der Waals surface area (Å²) in [5, 5.41) is 3.90. The second kappa shape index (κ2) is 10.9. The third-order valence-electron chi connectivity index (χ3n) is 6.12. The maximum absolute atomic E-state index is 12.9. The van der Waals surface area contributed by atoms with Gasteiger partial charge in [-0.3, -0.25) is 24.5 Å². The number of nitrogens with one attached hydrogen (secondary N) is 1. The van der Waals surface area contributed by atoms with Crippen molar-refractivity contribution in [2.75, 3.05) is 7.05 Å². The second-order valence-corrected chi connectivity index (χ2v) is 8.74. The highest BCUT2D eigenvalue weighted by atomic mass is 16.1. The molecule has 0 atom stereocenters. The highest BCUT2D eigenvalue weighted by Gasteiger charge is 2.11. The quantitative estimate of drug-likeness (QED) is 0.224. The Kier molecular flexibility index (Phi) is 7.49. The molecule has 0 spiro atoms. The summed E-state index contributed by atoms with van der Waals surface area (Å²) >= 11 is 0. The number of aldehydes is 1. The van der Waals surface area contributed by atoms with Gasteiger partial charge in [0.2, 0.25) is 0 Å². The Morgan fingerprint density at radius 3 is 2.67 bits per heavy atom. The molecule has 7 nitrogen and oxygen atoms in total. The zero-order valence-corrected chi connectivity index (χ0v) is 20.7. The van der Waals surface area contributed by atoms with Crippen molar-refractivity contribution in [1.82, 2.24) is 15.3 Å². The normalized spacial score (nSPS) is 11.5. The molecule has 0 aliphatic carbocycles. The first-order valence-electron chi connectivity index (χ1n) is 11.8. The number of amides is 1. The molecule has 0 saturated heterocycles. The van der Waals surface area contributed by atoms with E-state index in [-0.39, 0.29) is 5.91 Å². The monoisotopic (exact) mass is 479 g/mol. The van der Waals surface area contributed by atoms with Crippen molar-refractivity contribution in [1.29, 1.82) is 0 Å². The van der Waals surface area contributed by atoms with Crippen molar-refractivity contribution in [3.63, 3.8) is 0 Å². The molecular weight excluding hydrogens is 450 g/mol. The van der Waals surface area contributed by atoms with Crippen LogP contribution in [0.3, 0.4) is 0 Å². The van der Waals surface area contributed by atoms with Crippen LogP contribution in [0.1, 0.15) is 61.2 Å². The van der Waals surface area contributed by atoms with Gasteiger partial charge < -0.3 is 11.1 Å². The summed E-state index contributed by atoms with van der Waals surface area (Å²) in [6.07, 6.45) is 5.52. The van der Waals surface area contributed by atoms with Gasteiger partial charge >= 0.3 is 0 Å². The van der Waals surface area contributed by atoms with Crippen LogP contribution in [0, 0.1) is 6.92 Å². The van der Waals surface area contributed by atoms with E-state index in [1.54, 1.807) is 31.6 Å². The van der Waals surface area contributed by atoms with E-state index in [1.165, 1.54) is 0 Å². The first kappa shape index (κ1) is 24.7. The van der Waals surface area contributed by atoms with Gasteiger partial charge in [0.25, 0.3) is 5.91 Å². The lowest BCUT2D eigenvalue weighted by Crippen LogP contribution is -2.23. The molecule has 4 aromatic rings. The minimum atomic E-state index is -0.178. The van der Waals surface area contributed by atoms with Gasteiger partial charge in [0.05, 0.1) is 5.52 Å². The van der Waals surface area contributed by atoms with Crippen molar-refractivity contribution >= 4 is 28.9 Å². The second-order valence-electron chi connectivity index (χ2n) is 8.74. The lowest BCUT2D eigenvalue weighted by molar-refractivity contribution is 0.0950. The number of pyridine rings is 2. The number of aliphatic imine (C=N–C) groups is 1. The van der Waals surface area contributed by atoms with Crippen molar-refractivity contribution in [3.05, 3.63) is 106 Å². The van der Waals surface area contributed by atoms with E-state index < -0.39 is 0 Å². The molecule has 4 rings (SSSR count). The number of benzene rings is 2. The Labute approximate surface area is 210 Å². The topological polar surface area (TPSA) is 110 Å². The Morgan fingerprint density at radius 2 is 1.92 bits per heavy atom. The highest BCUT2D eigenvalue weighted by Crippen LogP contribution is 2.21. The zero-order chi connectivity index (χ0) is 25.7. The van der Waals surface area contributed by atoms with Crippen molar-refractivity contribution in [2.24, 2.45) is 10.7 Å². The number of amidine groups is 1. The molecule has 0 aliphatic heterocycles. The minimum absolute atomic E-state index is 0.178. The molecule has 3 N–H and O–H groups in total. The van der Waals surface area contributed by atoms with Gasteiger partial charge in [-0.2, -0.15) is 0 Å². The predicted molar refractivity (Wildman–Crippen MR) is 143 cm³/mol. The number of aryl methyl sites for hydroxylation is 2. The van der Waals surface area contributed by atoms with Gasteiger partial charge in [0, 0.05) is 60.2 Å². The summed E-state index contributed by atoms with van der Waals surface area (Å²) in [4.78, 5) is 37.4. The summed E-state index contributed by atoms with van der Waals surface area (Å²) < 4.78 is 0. The molecule has 2 aromatic carbocycles. The van der Waals surface area contributed by atoms with Gasteiger partial charge in [-0.15, -0.1) is 0 Å². The summed E-state index contributed by atoms with van der Waals surface area (Å²) in [6, 6.07) is 15.3. The van der Waals surface area contributed by atoms with E-state index in [0.29, 0.717) is 35.4 Å². The summed E-state index contributed by atoms with van der Waals surface area (Å²) in [5.41, 5.74) is 13.5. The van der Waals surface area contributed by atoms with Crippen molar-refractivity contribution < 1.29 is 9.59 Å². The van der Waals surface area contributed by atoms with Crippen LogP contribution in [-0.4, -0.2) is 35.0 Å². The average Bonchev–Trinajstić information content (AvgIpc) is 2.90. The van der Waals surface area contributed by atoms with E-state index in [1.807, 2.05) is 43.3 Å². The maximum Gasteiger partial charge on any atom is 0.251 e. The summed E-state index contributed by atoms with van der Waals surface area (Å²) in [7, 11) is 1.67. The Morgan fingerprint density at radius 1 is 1.08 bits per heavy atom. The first-order valence-corrected chi connectivity index (χ1v) is 11.8. The zero-order valence-electron chi connectivity index (χ0n) is 20.7. The molecule has 2 heterocycles. The van der Waals surface area contributed by atoms with Crippen LogP contribution >= 0.6 is 0 Å². The van der Waals surface area contributed by atoms with Gasteiger partial charge in [0.15, 0.2) is 6.29 Å². The van der Waals surface area contributed by atoms with Crippen molar-refractivity contribution in [3.8, 4) is 0 Å². The third kappa shape index (κ3) is 5.46. The summed E-state index contributed by atoms with van der Waals surface area (Å²) in [5.74, 6) is 0.326. The van der Waals surface area contributed by atoms with Gasteiger partial charge in [0.1, 0.15) is 5.84 Å². The molecule has 0 unspecified atom stereocenters. The van der Waals surface area contributed by atoms with Crippen LogP contribution < -0.4 is 11.1 Å². The number of fused-ring (bicyclic) bond motifs is 1. The number of hydrogen-bond acceptors (Lipinski definition) is 5. The molecule has 0 radical (unpaired) electrons. The Hall–Kier alpha value is -4.39. The van der Waals surface area contributed by atoms with Crippen LogP contribution in [0.4, 0.5) is 0 Å². The number of rotatable bonds is 8. The lowest BCUT2D eigenvalue weighted by atomic mass is 10.0. The fourth-order valence-corrected chi connectivity index (χ4v) is 4.27. The predicted octanol–water partition coefficient (Wildman–Crippen LogP) is 4.17. The molecule has 0 saturated carbocycles. The summed E-state index contributed by atoms with van der Waals surface area (Å²) in [6.45, 7) is 4.43. The van der Waals surface area contributed by atoms with E-state index in [4.69, 9.17) is 5.73 Å². The fraction of sp³-hybridized carbons (Fsp3) is 0.207. The van der Waals surface area contributed by atoms with Crippen LogP contribution in [0.5, 0.6) is 0 Å². The van der Waals surface area contributed by atoms with E-state index in [9.17, 15) is 9.59 Å². The molecule has 2 aromatic heterocycles. The lowest BCUT2D eigenvalue weighted by Gasteiger charge is -2.11. The molecule has 1 amide bonds. The smallest absolute Gasteiger partial charge is 0.251 e. The SMILES string of the molecule is CCc1cc(CNC(=O)c2ccnc(Cc3cc(C=O)c4ncc(C)cc4c3)c2)ccc1C(N)=NC. The van der Waals surface area contributed by atoms with Gasteiger partial charge in [-0.05, 0) is 65.9 Å². The molecule has 7 heteroatoms. The first-order chi connectivity index (χ1) is 17.4. The number of carbonyl (C=O) groups excluding carboxylic acids is 2. The molecule has 0 aliphatic rings. The minimum Gasteiger partial charge on any atom is -0.384 e. The van der Waals surface area contributed by atoms with E-state index >= 15 is 0 Å². The molecule has 182 valence electrons. The number of hydrogen-bond donors (Lipinski definition) is 2. The molecule has 36 heavy (non-hydrogen) atoms.